The summed E-state index contributed by atoms with van der Waals surface area (Å²) in [5.41, 5.74) is 1.61. The van der Waals surface area contributed by atoms with Gasteiger partial charge in [-0.05, 0) is 36.4 Å². The Balaban J connectivity index is 2.02. The Hall–Kier alpha value is -1.86. The van der Waals surface area contributed by atoms with Gasteiger partial charge >= 0.3 is 0 Å². The maximum Gasteiger partial charge on any atom is 0.209 e. The Morgan fingerprint density at radius 3 is 2.65 bits per heavy atom. The number of hydrogen-bond donors (Lipinski definition) is 1. The molecule has 3 rings (SSSR count). The van der Waals surface area contributed by atoms with Crippen molar-refractivity contribution in [2.45, 2.75) is 18.5 Å². The third kappa shape index (κ3) is 2.30. The summed E-state index contributed by atoms with van der Waals surface area (Å²) in [5, 5.41) is 17.8. The highest BCUT2D eigenvalue weighted by Gasteiger charge is 2.15. The van der Waals surface area contributed by atoms with E-state index in [1.54, 1.807) is 23.0 Å². The van der Waals surface area contributed by atoms with Crippen LogP contribution in [0.1, 0.15) is 6.92 Å². The molecule has 0 amide bonds. The molecular weight excluding hydrogens is 296 g/mol. The molecule has 1 aromatic carbocycles. The summed E-state index contributed by atoms with van der Waals surface area (Å²) in [5.74, 6) is 0.511. The minimum Gasteiger partial charge on any atom is -0.227 e. The van der Waals surface area contributed by atoms with Crippen LogP contribution in [0.25, 0.3) is 17.1 Å². The fourth-order valence-corrected chi connectivity index (χ4v) is 2.21. The number of thiol groups is 1. The van der Waals surface area contributed by atoms with E-state index in [9.17, 15) is 0 Å². The molecule has 2 heterocycles. The van der Waals surface area contributed by atoms with Crippen molar-refractivity contribution in [2.75, 3.05) is 0 Å². The number of nitrogens with zero attached hydrogens (tertiary/aromatic N) is 6. The number of tetrazole rings is 1. The molecule has 20 heavy (non-hydrogen) atoms. The molecule has 6 nitrogen and oxygen atoms in total. The van der Waals surface area contributed by atoms with Gasteiger partial charge in [0.25, 0.3) is 0 Å². The molecule has 0 aliphatic heterocycles. The van der Waals surface area contributed by atoms with E-state index >= 15 is 0 Å². The molecule has 3 aromatic rings. The summed E-state index contributed by atoms with van der Waals surface area (Å²) in [6.07, 6.45) is 1.67. The van der Waals surface area contributed by atoms with Gasteiger partial charge < -0.3 is 0 Å². The quantitative estimate of drug-likeness (QED) is 0.755. The number of hydrogen-bond acceptors (Lipinski definition) is 5. The highest BCUT2D eigenvalue weighted by molar-refractivity contribution is 7.80. The summed E-state index contributed by atoms with van der Waals surface area (Å²) >= 11 is 10.4. The standard InChI is InChI=1S/C12H11ClN6S/c1-2-18-16-11(15-17-18)10-7-14-19(12(10)20)9-5-3-8(13)4-6-9/h3-7,20H,2H2,1H3. The Morgan fingerprint density at radius 2 is 2.00 bits per heavy atom. The maximum absolute atomic E-state index is 5.88. The van der Waals surface area contributed by atoms with Crippen molar-refractivity contribution in [1.82, 2.24) is 30.0 Å². The van der Waals surface area contributed by atoms with Crippen molar-refractivity contribution >= 4 is 24.2 Å². The molecular formula is C12H11ClN6S. The van der Waals surface area contributed by atoms with E-state index in [2.05, 4.69) is 33.1 Å². The average molecular weight is 307 g/mol. The lowest BCUT2D eigenvalue weighted by Gasteiger charge is -2.03. The van der Waals surface area contributed by atoms with Crippen LogP contribution >= 0.6 is 24.2 Å². The number of aromatic nitrogens is 6. The Kier molecular flexibility index (Phi) is 3.45. The van der Waals surface area contributed by atoms with Crippen LogP contribution in [-0.2, 0) is 6.54 Å². The number of benzene rings is 1. The monoisotopic (exact) mass is 306 g/mol. The van der Waals surface area contributed by atoms with Gasteiger partial charge in [0.2, 0.25) is 5.82 Å². The van der Waals surface area contributed by atoms with Crippen molar-refractivity contribution in [3.63, 3.8) is 0 Å². The summed E-state index contributed by atoms with van der Waals surface area (Å²) < 4.78 is 1.70. The molecule has 0 saturated carbocycles. The molecule has 102 valence electrons. The van der Waals surface area contributed by atoms with Gasteiger partial charge in [-0.2, -0.15) is 9.90 Å². The first-order valence-electron chi connectivity index (χ1n) is 6.00. The highest BCUT2D eigenvalue weighted by Crippen LogP contribution is 2.25. The lowest BCUT2D eigenvalue weighted by atomic mass is 10.3. The van der Waals surface area contributed by atoms with Gasteiger partial charge in [-0.15, -0.1) is 22.8 Å². The van der Waals surface area contributed by atoms with Crippen molar-refractivity contribution in [3.8, 4) is 17.1 Å². The van der Waals surface area contributed by atoms with Crippen LogP contribution in [0.5, 0.6) is 0 Å². The second-order valence-corrected chi connectivity index (χ2v) is 4.93. The van der Waals surface area contributed by atoms with Crippen LogP contribution in [0.2, 0.25) is 5.02 Å². The summed E-state index contributed by atoms with van der Waals surface area (Å²) in [6, 6.07) is 7.35. The van der Waals surface area contributed by atoms with Crippen LogP contribution in [-0.4, -0.2) is 30.0 Å². The van der Waals surface area contributed by atoms with E-state index in [1.165, 1.54) is 4.80 Å². The van der Waals surface area contributed by atoms with Gasteiger partial charge in [-0.3, -0.25) is 0 Å². The molecule has 0 N–H and O–H groups in total. The van der Waals surface area contributed by atoms with Crippen molar-refractivity contribution in [1.29, 1.82) is 0 Å². The van der Waals surface area contributed by atoms with E-state index in [-0.39, 0.29) is 0 Å². The first kappa shape index (κ1) is 13.1. The molecule has 8 heteroatoms. The van der Waals surface area contributed by atoms with E-state index < -0.39 is 0 Å². The normalized spacial score (nSPS) is 10.9. The van der Waals surface area contributed by atoms with Gasteiger partial charge in [0, 0.05) is 5.02 Å². The van der Waals surface area contributed by atoms with Crippen molar-refractivity contribution < 1.29 is 0 Å². The summed E-state index contributed by atoms with van der Waals surface area (Å²) in [6.45, 7) is 2.62. The molecule has 0 saturated heterocycles. The minimum atomic E-state index is 0.511. The predicted molar refractivity (Wildman–Crippen MR) is 78.3 cm³/mol. The first-order valence-corrected chi connectivity index (χ1v) is 6.82. The second kappa shape index (κ2) is 5.26. The fraction of sp³-hybridized carbons (Fsp3) is 0.167. The molecule has 0 spiro atoms. The minimum absolute atomic E-state index is 0.511. The molecule has 0 atom stereocenters. The average Bonchev–Trinajstić information content (AvgIpc) is 3.06. The van der Waals surface area contributed by atoms with Crippen LogP contribution in [0.3, 0.4) is 0 Å². The van der Waals surface area contributed by atoms with Crippen LogP contribution < -0.4 is 0 Å². The molecule has 2 aromatic heterocycles. The van der Waals surface area contributed by atoms with E-state index in [4.69, 9.17) is 11.6 Å². The second-order valence-electron chi connectivity index (χ2n) is 4.07. The number of halogens is 1. The lowest BCUT2D eigenvalue weighted by Crippen LogP contribution is -1.98. The van der Waals surface area contributed by atoms with Gasteiger partial charge in [0.1, 0.15) is 5.03 Å². The Bertz CT molecular complexity index is 733. The topological polar surface area (TPSA) is 61.4 Å². The Morgan fingerprint density at radius 1 is 1.25 bits per heavy atom. The van der Waals surface area contributed by atoms with E-state index in [0.717, 1.165) is 11.3 Å². The smallest absolute Gasteiger partial charge is 0.209 e. The highest BCUT2D eigenvalue weighted by atomic mass is 35.5. The number of aryl methyl sites for hydroxylation is 1. The van der Waals surface area contributed by atoms with Crippen LogP contribution in [0, 0.1) is 0 Å². The first-order chi connectivity index (χ1) is 9.69. The molecule has 0 unspecified atom stereocenters. The zero-order chi connectivity index (χ0) is 14.1. The SMILES string of the molecule is CCn1nnc(-c2cnn(-c3ccc(Cl)cc3)c2S)n1. The van der Waals surface area contributed by atoms with Gasteiger partial charge in [0.15, 0.2) is 0 Å². The third-order valence-corrected chi connectivity index (χ3v) is 3.47. The van der Waals surface area contributed by atoms with E-state index in [1.807, 2.05) is 19.1 Å². The maximum atomic E-state index is 5.88. The van der Waals surface area contributed by atoms with Crippen LogP contribution in [0.15, 0.2) is 35.5 Å². The molecule has 0 bridgehead atoms. The molecule has 0 fully saturated rings. The van der Waals surface area contributed by atoms with Crippen molar-refractivity contribution in [3.05, 3.63) is 35.5 Å². The third-order valence-electron chi connectivity index (χ3n) is 2.79. The fourth-order valence-electron chi connectivity index (χ4n) is 1.76. The van der Waals surface area contributed by atoms with E-state index in [0.29, 0.717) is 22.4 Å². The largest absolute Gasteiger partial charge is 0.227 e. The summed E-state index contributed by atoms with van der Waals surface area (Å²) in [7, 11) is 0. The van der Waals surface area contributed by atoms with Gasteiger partial charge in [-0.25, -0.2) is 4.68 Å². The van der Waals surface area contributed by atoms with Gasteiger partial charge in [-0.1, -0.05) is 11.6 Å². The zero-order valence-corrected chi connectivity index (χ0v) is 12.3. The van der Waals surface area contributed by atoms with Crippen LogP contribution in [0.4, 0.5) is 0 Å². The summed E-state index contributed by atoms with van der Waals surface area (Å²) in [4.78, 5) is 1.52. The predicted octanol–water partition coefficient (Wildman–Crippen LogP) is 2.49. The molecule has 0 aliphatic rings. The molecule has 0 aliphatic carbocycles. The van der Waals surface area contributed by atoms with Crippen molar-refractivity contribution in [2.24, 2.45) is 0 Å². The van der Waals surface area contributed by atoms with Gasteiger partial charge in [0.05, 0.1) is 24.0 Å². The Labute approximate surface area is 125 Å². The molecule has 0 radical (unpaired) electrons. The number of rotatable bonds is 3. The lowest BCUT2D eigenvalue weighted by molar-refractivity contribution is 0.552. The zero-order valence-electron chi connectivity index (χ0n) is 10.6.